The van der Waals surface area contributed by atoms with Gasteiger partial charge in [0, 0.05) is 44.6 Å². The lowest BCUT2D eigenvalue weighted by molar-refractivity contribution is 0.0609. The maximum absolute atomic E-state index is 5.43. The van der Waals surface area contributed by atoms with Gasteiger partial charge in [0.25, 0.3) is 0 Å². The Morgan fingerprint density at radius 3 is 3.05 bits per heavy atom. The van der Waals surface area contributed by atoms with Crippen molar-refractivity contribution in [3.63, 3.8) is 0 Å². The first-order valence-electron chi connectivity index (χ1n) is 8.12. The molecule has 3 rings (SSSR count). The molecule has 1 saturated heterocycles. The van der Waals surface area contributed by atoms with Gasteiger partial charge >= 0.3 is 0 Å². The van der Waals surface area contributed by atoms with Gasteiger partial charge in [-0.15, -0.1) is 0 Å². The van der Waals surface area contributed by atoms with Crippen LogP contribution in [0.5, 0.6) is 0 Å². The average molecular weight is 277 g/mol. The molecule has 4 heteroatoms. The first-order valence-corrected chi connectivity index (χ1v) is 8.12. The van der Waals surface area contributed by atoms with E-state index >= 15 is 0 Å². The van der Waals surface area contributed by atoms with Crippen molar-refractivity contribution in [2.75, 3.05) is 19.8 Å². The fourth-order valence-corrected chi connectivity index (χ4v) is 3.54. The van der Waals surface area contributed by atoms with Crippen LogP contribution < -0.4 is 5.32 Å². The number of aromatic nitrogens is 2. The fourth-order valence-electron chi connectivity index (χ4n) is 3.54. The molecule has 1 fully saturated rings. The van der Waals surface area contributed by atoms with Crippen LogP contribution in [-0.2, 0) is 17.7 Å². The Kier molecular flexibility index (Phi) is 4.73. The van der Waals surface area contributed by atoms with Crippen LogP contribution in [0.3, 0.4) is 0 Å². The Morgan fingerprint density at radius 1 is 1.35 bits per heavy atom. The molecular weight excluding hydrogens is 250 g/mol. The maximum Gasteiger partial charge on any atom is 0.108 e. The molecule has 4 nitrogen and oxygen atoms in total. The second kappa shape index (κ2) is 6.72. The molecule has 2 atom stereocenters. The molecule has 1 N–H and O–H groups in total. The number of ether oxygens (including phenoxy) is 1. The Hall–Kier alpha value is -0.870. The second-order valence-electron chi connectivity index (χ2n) is 6.50. The number of hydrogen-bond donors (Lipinski definition) is 1. The summed E-state index contributed by atoms with van der Waals surface area (Å²) in [5, 5.41) is 3.75. The van der Waals surface area contributed by atoms with E-state index in [-0.39, 0.29) is 0 Å². The number of nitrogens with zero attached hydrogens (tertiary/aromatic N) is 2. The van der Waals surface area contributed by atoms with E-state index < -0.39 is 0 Å². The van der Waals surface area contributed by atoms with E-state index in [9.17, 15) is 0 Å². The van der Waals surface area contributed by atoms with Crippen LogP contribution in [0.1, 0.15) is 38.4 Å². The van der Waals surface area contributed by atoms with Gasteiger partial charge in [-0.25, -0.2) is 4.98 Å². The van der Waals surface area contributed by atoms with Gasteiger partial charge in [-0.1, -0.05) is 0 Å². The highest BCUT2D eigenvalue weighted by molar-refractivity contribution is 4.97. The van der Waals surface area contributed by atoms with Gasteiger partial charge in [0.15, 0.2) is 0 Å². The molecule has 0 radical (unpaired) electrons. The number of aryl methyl sites for hydroxylation is 1. The molecule has 0 saturated carbocycles. The van der Waals surface area contributed by atoms with Crippen LogP contribution in [-0.4, -0.2) is 35.4 Å². The third-order valence-corrected chi connectivity index (χ3v) is 4.82. The lowest BCUT2D eigenvalue weighted by atomic mass is 9.92. The SMILES string of the molecule is C[C@@H](CC1CCOCC1)NC[C@@H]1CCc2nccn2C1. The summed E-state index contributed by atoms with van der Waals surface area (Å²) in [6.45, 7) is 6.53. The van der Waals surface area contributed by atoms with Gasteiger partial charge in [0.05, 0.1) is 0 Å². The summed E-state index contributed by atoms with van der Waals surface area (Å²) in [7, 11) is 0. The summed E-state index contributed by atoms with van der Waals surface area (Å²) in [5.74, 6) is 2.88. The van der Waals surface area contributed by atoms with Gasteiger partial charge in [-0.05, 0) is 51.0 Å². The van der Waals surface area contributed by atoms with Crippen LogP contribution in [0, 0.1) is 11.8 Å². The van der Waals surface area contributed by atoms with Crippen LogP contribution in [0.4, 0.5) is 0 Å². The minimum atomic E-state index is 0.627. The summed E-state index contributed by atoms with van der Waals surface area (Å²) in [6, 6.07) is 0.627. The van der Waals surface area contributed by atoms with Gasteiger partial charge < -0.3 is 14.6 Å². The van der Waals surface area contributed by atoms with E-state index in [0.29, 0.717) is 6.04 Å². The molecule has 3 heterocycles. The minimum absolute atomic E-state index is 0.627. The molecule has 112 valence electrons. The first-order chi connectivity index (χ1) is 9.81. The van der Waals surface area contributed by atoms with Crippen LogP contribution in [0.15, 0.2) is 12.4 Å². The molecule has 1 aromatic heterocycles. The highest BCUT2D eigenvalue weighted by atomic mass is 16.5. The maximum atomic E-state index is 5.43. The fraction of sp³-hybridized carbons (Fsp3) is 0.812. The Bertz CT molecular complexity index is 412. The molecule has 0 bridgehead atoms. The molecule has 0 amide bonds. The van der Waals surface area contributed by atoms with Crippen molar-refractivity contribution in [3.05, 3.63) is 18.2 Å². The topological polar surface area (TPSA) is 39.1 Å². The molecule has 0 unspecified atom stereocenters. The van der Waals surface area contributed by atoms with E-state index in [4.69, 9.17) is 4.74 Å². The average Bonchev–Trinajstić information content (AvgIpc) is 2.93. The van der Waals surface area contributed by atoms with Gasteiger partial charge in [0.2, 0.25) is 0 Å². The zero-order valence-electron chi connectivity index (χ0n) is 12.6. The number of rotatable bonds is 5. The van der Waals surface area contributed by atoms with Crippen molar-refractivity contribution < 1.29 is 4.74 Å². The number of imidazole rings is 1. The first kappa shape index (κ1) is 14.1. The van der Waals surface area contributed by atoms with Gasteiger partial charge in [0.1, 0.15) is 5.82 Å². The Morgan fingerprint density at radius 2 is 2.20 bits per heavy atom. The molecule has 0 spiro atoms. The summed E-state index contributed by atoms with van der Waals surface area (Å²) in [6.07, 6.45) is 10.2. The normalized spacial score (nSPS) is 25.4. The third kappa shape index (κ3) is 3.61. The minimum Gasteiger partial charge on any atom is -0.381 e. The monoisotopic (exact) mass is 277 g/mol. The van der Waals surface area contributed by atoms with Crippen molar-refractivity contribution in [2.24, 2.45) is 11.8 Å². The molecule has 20 heavy (non-hydrogen) atoms. The molecule has 2 aliphatic heterocycles. The summed E-state index contributed by atoms with van der Waals surface area (Å²) in [5.41, 5.74) is 0. The second-order valence-corrected chi connectivity index (χ2v) is 6.50. The zero-order chi connectivity index (χ0) is 13.8. The van der Waals surface area contributed by atoms with Crippen molar-refractivity contribution in [1.29, 1.82) is 0 Å². The van der Waals surface area contributed by atoms with Crippen LogP contribution in [0.25, 0.3) is 0 Å². The molecule has 1 aromatic rings. The van der Waals surface area contributed by atoms with E-state index in [0.717, 1.165) is 44.6 Å². The number of nitrogens with one attached hydrogen (secondary N) is 1. The largest absolute Gasteiger partial charge is 0.381 e. The van der Waals surface area contributed by atoms with Crippen LogP contribution >= 0.6 is 0 Å². The highest BCUT2D eigenvalue weighted by Gasteiger charge is 2.20. The standard InChI is InChI=1S/C16H27N3O/c1-13(10-14-4-8-20-9-5-14)18-11-15-2-3-16-17-6-7-19(16)12-15/h6-7,13-15,18H,2-5,8-12H2,1H3/t13-,15-/m0/s1. The van der Waals surface area contributed by atoms with E-state index in [1.54, 1.807) is 0 Å². The van der Waals surface area contributed by atoms with E-state index in [2.05, 4.69) is 28.0 Å². The Balaban J connectivity index is 1.39. The predicted molar refractivity (Wildman–Crippen MR) is 79.7 cm³/mol. The third-order valence-electron chi connectivity index (χ3n) is 4.82. The number of fused-ring (bicyclic) bond motifs is 1. The summed E-state index contributed by atoms with van der Waals surface area (Å²) in [4.78, 5) is 4.39. The molecule has 0 aliphatic carbocycles. The Labute approximate surface area is 121 Å². The lowest BCUT2D eigenvalue weighted by Crippen LogP contribution is -2.36. The smallest absolute Gasteiger partial charge is 0.108 e. The lowest BCUT2D eigenvalue weighted by Gasteiger charge is -2.28. The predicted octanol–water partition coefficient (Wildman–Crippen LogP) is 2.24. The van der Waals surface area contributed by atoms with E-state index in [1.807, 2.05) is 6.20 Å². The quantitative estimate of drug-likeness (QED) is 0.897. The highest BCUT2D eigenvalue weighted by Crippen LogP contribution is 2.21. The van der Waals surface area contributed by atoms with Crippen molar-refractivity contribution in [2.45, 2.75) is 51.6 Å². The molecule has 2 aliphatic rings. The van der Waals surface area contributed by atoms with Crippen LogP contribution in [0.2, 0.25) is 0 Å². The summed E-state index contributed by atoms with van der Waals surface area (Å²) < 4.78 is 7.75. The number of hydrogen-bond acceptors (Lipinski definition) is 3. The van der Waals surface area contributed by atoms with Crippen molar-refractivity contribution in [3.8, 4) is 0 Å². The van der Waals surface area contributed by atoms with E-state index in [1.165, 1.54) is 31.5 Å². The summed E-state index contributed by atoms with van der Waals surface area (Å²) >= 11 is 0. The van der Waals surface area contributed by atoms with Crippen molar-refractivity contribution in [1.82, 2.24) is 14.9 Å². The zero-order valence-corrected chi connectivity index (χ0v) is 12.6. The van der Waals surface area contributed by atoms with Gasteiger partial charge in [-0.3, -0.25) is 0 Å². The van der Waals surface area contributed by atoms with Gasteiger partial charge in [-0.2, -0.15) is 0 Å². The van der Waals surface area contributed by atoms with Crippen molar-refractivity contribution >= 4 is 0 Å². The molecular formula is C16H27N3O. The molecule has 0 aromatic carbocycles.